The van der Waals surface area contributed by atoms with Gasteiger partial charge in [0.1, 0.15) is 0 Å². The van der Waals surface area contributed by atoms with Gasteiger partial charge in [-0.1, -0.05) is 34.1 Å². The van der Waals surface area contributed by atoms with E-state index in [1.54, 1.807) is 0 Å². The topological polar surface area (TPSA) is 53.2 Å². The van der Waals surface area contributed by atoms with E-state index < -0.39 is 0 Å². The molecule has 0 heterocycles. The van der Waals surface area contributed by atoms with Gasteiger partial charge < -0.3 is 10.7 Å². The molecule has 0 radical (unpaired) electrons. The Kier molecular flexibility index (Phi) is 5.98. The van der Waals surface area contributed by atoms with Gasteiger partial charge in [-0.2, -0.15) is 0 Å². The minimum Gasteiger partial charge on any atom is -0.350 e. The SMILES string of the molecule is CC(C)NC(=O)c1cccc(CNNc2cccc(Br)c2)c1. The van der Waals surface area contributed by atoms with Crippen LogP contribution < -0.4 is 16.2 Å². The van der Waals surface area contributed by atoms with Crippen molar-refractivity contribution < 1.29 is 4.79 Å². The van der Waals surface area contributed by atoms with E-state index >= 15 is 0 Å². The van der Waals surface area contributed by atoms with Crippen molar-refractivity contribution in [3.63, 3.8) is 0 Å². The van der Waals surface area contributed by atoms with E-state index in [2.05, 4.69) is 32.1 Å². The summed E-state index contributed by atoms with van der Waals surface area (Å²) in [5, 5.41) is 2.89. The highest BCUT2D eigenvalue weighted by molar-refractivity contribution is 9.10. The van der Waals surface area contributed by atoms with Crippen LogP contribution in [0.15, 0.2) is 53.0 Å². The lowest BCUT2D eigenvalue weighted by atomic mass is 10.1. The Morgan fingerprint density at radius 3 is 2.64 bits per heavy atom. The van der Waals surface area contributed by atoms with Gasteiger partial charge in [-0.25, -0.2) is 5.43 Å². The number of halogens is 1. The Labute approximate surface area is 139 Å². The first-order chi connectivity index (χ1) is 10.5. The van der Waals surface area contributed by atoms with Crippen molar-refractivity contribution in [1.82, 2.24) is 10.7 Å². The van der Waals surface area contributed by atoms with Gasteiger partial charge in [0.2, 0.25) is 0 Å². The van der Waals surface area contributed by atoms with E-state index in [1.165, 1.54) is 0 Å². The summed E-state index contributed by atoms with van der Waals surface area (Å²) in [6.45, 7) is 4.52. The van der Waals surface area contributed by atoms with Crippen molar-refractivity contribution in [2.75, 3.05) is 5.43 Å². The molecule has 2 aromatic rings. The molecule has 5 heteroatoms. The van der Waals surface area contributed by atoms with Gasteiger partial charge >= 0.3 is 0 Å². The summed E-state index contributed by atoms with van der Waals surface area (Å²) >= 11 is 3.43. The normalized spacial score (nSPS) is 10.5. The fourth-order valence-electron chi connectivity index (χ4n) is 1.98. The number of benzene rings is 2. The van der Waals surface area contributed by atoms with Crippen molar-refractivity contribution in [3.8, 4) is 0 Å². The molecule has 2 aromatic carbocycles. The number of nitrogens with one attached hydrogen (secondary N) is 3. The molecule has 0 unspecified atom stereocenters. The number of anilines is 1. The molecule has 22 heavy (non-hydrogen) atoms. The van der Waals surface area contributed by atoms with Crippen molar-refractivity contribution in [2.24, 2.45) is 0 Å². The summed E-state index contributed by atoms with van der Waals surface area (Å²) in [6.07, 6.45) is 0. The molecule has 0 aliphatic rings. The van der Waals surface area contributed by atoms with Crippen molar-refractivity contribution in [3.05, 3.63) is 64.1 Å². The number of carbonyl (C=O) groups is 1. The highest BCUT2D eigenvalue weighted by Gasteiger charge is 2.07. The molecule has 4 nitrogen and oxygen atoms in total. The number of carbonyl (C=O) groups excluding carboxylic acids is 1. The molecule has 0 spiro atoms. The first-order valence-corrected chi connectivity index (χ1v) is 7.98. The summed E-state index contributed by atoms with van der Waals surface area (Å²) in [6, 6.07) is 15.6. The predicted molar refractivity (Wildman–Crippen MR) is 93.6 cm³/mol. The molecular formula is C17H20BrN3O. The summed E-state index contributed by atoms with van der Waals surface area (Å²) in [7, 11) is 0. The van der Waals surface area contributed by atoms with Crippen LogP contribution in [0.25, 0.3) is 0 Å². The highest BCUT2D eigenvalue weighted by Crippen LogP contribution is 2.14. The van der Waals surface area contributed by atoms with Gasteiger partial charge in [0, 0.05) is 28.3 Å². The van der Waals surface area contributed by atoms with Crippen molar-refractivity contribution >= 4 is 27.5 Å². The third kappa shape index (κ3) is 5.16. The van der Waals surface area contributed by atoms with E-state index in [4.69, 9.17) is 0 Å². The van der Waals surface area contributed by atoms with Gasteiger partial charge in [0.05, 0.1) is 0 Å². The number of hydrazine groups is 1. The zero-order chi connectivity index (χ0) is 15.9. The van der Waals surface area contributed by atoms with Crippen LogP contribution in [-0.4, -0.2) is 11.9 Å². The van der Waals surface area contributed by atoms with Crippen LogP contribution in [0.2, 0.25) is 0 Å². The van der Waals surface area contributed by atoms with Crippen LogP contribution in [0.5, 0.6) is 0 Å². The molecule has 0 saturated carbocycles. The van der Waals surface area contributed by atoms with Gasteiger partial charge in [0.15, 0.2) is 0 Å². The fourth-order valence-corrected chi connectivity index (χ4v) is 2.38. The van der Waals surface area contributed by atoms with Crippen LogP contribution in [0.4, 0.5) is 5.69 Å². The average molecular weight is 362 g/mol. The molecule has 0 fully saturated rings. The number of rotatable bonds is 6. The van der Waals surface area contributed by atoms with E-state index in [0.717, 1.165) is 15.7 Å². The van der Waals surface area contributed by atoms with Crippen LogP contribution in [-0.2, 0) is 6.54 Å². The van der Waals surface area contributed by atoms with Crippen LogP contribution in [0.3, 0.4) is 0 Å². The zero-order valence-electron chi connectivity index (χ0n) is 12.7. The molecule has 0 atom stereocenters. The lowest BCUT2D eigenvalue weighted by Gasteiger charge is -2.11. The van der Waals surface area contributed by atoms with E-state index in [0.29, 0.717) is 12.1 Å². The Balaban J connectivity index is 1.92. The van der Waals surface area contributed by atoms with E-state index in [1.807, 2.05) is 62.4 Å². The minimum absolute atomic E-state index is 0.0446. The number of amides is 1. The quantitative estimate of drug-likeness (QED) is 0.687. The Morgan fingerprint density at radius 1 is 1.14 bits per heavy atom. The zero-order valence-corrected chi connectivity index (χ0v) is 14.3. The third-order valence-electron chi connectivity index (χ3n) is 2.96. The molecule has 3 N–H and O–H groups in total. The molecule has 116 valence electrons. The standard InChI is InChI=1S/C17H20BrN3O/c1-12(2)20-17(22)14-6-3-5-13(9-14)11-19-21-16-8-4-7-15(18)10-16/h3-10,12,19,21H,11H2,1-2H3,(H,20,22). The summed E-state index contributed by atoms with van der Waals surface area (Å²) < 4.78 is 1.02. The molecule has 0 bridgehead atoms. The second-order valence-electron chi connectivity index (χ2n) is 5.32. The number of hydrogen-bond acceptors (Lipinski definition) is 3. The maximum atomic E-state index is 12.0. The lowest BCUT2D eigenvalue weighted by Crippen LogP contribution is -2.30. The molecule has 0 saturated heterocycles. The lowest BCUT2D eigenvalue weighted by molar-refractivity contribution is 0.0943. The maximum absolute atomic E-state index is 12.0. The number of hydrogen-bond donors (Lipinski definition) is 3. The Hall–Kier alpha value is -1.85. The van der Waals surface area contributed by atoms with Gasteiger partial charge in [0.25, 0.3) is 5.91 Å². The summed E-state index contributed by atoms with van der Waals surface area (Å²) in [5.41, 5.74) is 8.98. The van der Waals surface area contributed by atoms with Crippen LogP contribution >= 0.6 is 15.9 Å². The van der Waals surface area contributed by atoms with Gasteiger partial charge in [-0.3, -0.25) is 4.79 Å². The monoisotopic (exact) mass is 361 g/mol. The Morgan fingerprint density at radius 2 is 1.91 bits per heavy atom. The minimum atomic E-state index is -0.0446. The smallest absolute Gasteiger partial charge is 0.251 e. The maximum Gasteiger partial charge on any atom is 0.251 e. The molecule has 0 aliphatic carbocycles. The summed E-state index contributed by atoms with van der Waals surface area (Å²) in [5.74, 6) is -0.0446. The second-order valence-corrected chi connectivity index (χ2v) is 6.23. The first-order valence-electron chi connectivity index (χ1n) is 7.19. The van der Waals surface area contributed by atoms with Crippen LogP contribution in [0.1, 0.15) is 29.8 Å². The second kappa shape index (κ2) is 7.96. The van der Waals surface area contributed by atoms with E-state index in [-0.39, 0.29) is 11.9 Å². The first kappa shape index (κ1) is 16.5. The summed E-state index contributed by atoms with van der Waals surface area (Å²) in [4.78, 5) is 12.0. The third-order valence-corrected chi connectivity index (χ3v) is 3.45. The van der Waals surface area contributed by atoms with Crippen LogP contribution in [0, 0.1) is 0 Å². The van der Waals surface area contributed by atoms with Crippen molar-refractivity contribution in [1.29, 1.82) is 0 Å². The predicted octanol–water partition coefficient (Wildman–Crippen LogP) is 3.70. The fraction of sp³-hybridized carbons (Fsp3) is 0.235. The van der Waals surface area contributed by atoms with E-state index in [9.17, 15) is 4.79 Å². The average Bonchev–Trinajstić information content (AvgIpc) is 2.47. The Bertz CT molecular complexity index is 643. The largest absolute Gasteiger partial charge is 0.350 e. The molecule has 2 rings (SSSR count). The van der Waals surface area contributed by atoms with Gasteiger partial charge in [-0.15, -0.1) is 0 Å². The molecule has 1 amide bonds. The molecule has 0 aliphatic heterocycles. The highest BCUT2D eigenvalue weighted by atomic mass is 79.9. The van der Waals surface area contributed by atoms with Crippen molar-refractivity contribution in [2.45, 2.75) is 26.4 Å². The molecule has 0 aromatic heterocycles. The molecular weight excluding hydrogens is 342 g/mol. The van der Waals surface area contributed by atoms with Gasteiger partial charge in [-0.05, 0) is 49.7 Å².